The van der Waals surface area contributed by atoms with Gasteiger partial charge in [-0.1, -0.05) is 85.0 Å². The fourth-order valence-electron chi connectivity index (χ4n) is 3.60. The zero-order valence-electron chi connectivity index (χ0n) is 17.2. The molecule has 0 aliphatic heterocycles. The molecule has 0 fully saturated rings. The second-order valence-electron chi connectivity index (χ2n) is 6.98. The minimum atomic E-state index is -0.384. The number of hydrogen-bond acceptors (Lipinski definition) is 2. The van der Waals surface area contributed by atoms with Crippen molar-refractivity contribution in [1.29, 1.82) is 0 Å². The van der Waals surface area contributed by atoms with Crippen molar-refractivity contribution in [3.63, 3.8) is 0 Å². The molecule has 0 unspecified atom stereocenters. The summed E-state index contributed by atoms with van der Waals surface area (Å²) in [4.78, 5) is 4.72. The third-order valence-electron chi connectivity index (χ3n) is 4.90. The van der Waals surface area contributed by atoms with Crippen LogP contribution >= 0.6 is 0 Å². The Labute approximate surface area is 181 Å². The van der Waals surface area contributed by atoms with Gasteiger partial charge >= 0.3 is 0 Å². The summed E-state index contributed by atoms with van der Waals surface area (Å²) in [5.41, 5.74) is 7.02. The molecule has 0 atom stereocenters. The van der Waals surface area contributed by atoms with E-state index in [9.17, 15) is 0 Å². The van der Waals surface area contributed by atoms with Gasteiger partial charge in [-0.25, -0.2) is 0 Å². The lowest BCUT2D eigenvalue weighted by Gasteiger charge is -2.36. The van der Waals surface area contributed by atoms with Crippen LogP contribution in [0.25, 0.3) is 0 Å². The van der Waals surface area contributed by atoms with Gasteiger partial charge in [0.1, 0.15) is 5.82 Å². The normalized spacial score (nSPS) is 10.7. The molecule has 4 rings (SSSR count). The van der Waals surface area contributed by atoms with Crippen LogP contribution in [0, 0.1) is 0 Å². The van der Waals surface area contributed by atoms with Gasteiger partial charge in [0, 0.05) is 32.3 Å². The Hall–Kier alpha value is -3.56. The molecule has 4 aromatic carbocycles. The van der Waals surface area contributed by atoms with E-state index in [0.29, 0.717) is 0 Å². The highest BCUT2D eigenvalue weighted by Gasteiger charge is 2.22. The predicted molar refractivity (Wildman–Crippen MR) is 133 cm³/mol. The van der Waals surface area contributed by atoms with E-state index in [0.717, 1.165) is 22.7 Å². The average molecular weight is 407 g/mol. The van der Waals surface area contributed by atoms with Crippen molar-refractivity contribution in [2.24, 2.45) is 0 Å². The van der Waals surface area contributed by atoms with Gasteiger partial charge in [0.15, 0.2) is 0 Å². The van der Waals surface area contributed by atoms with Crippen LogP contribution in [0.3, 0.4) is 0 Å². The first-order valence-corrected chi connectivity index (χ1v) is 12.6. The molecule has 0 aliphatic rings. The molecule has 3 heteroatoms. The van der Waals surface area contributed by atoms with Crippen LogP contribution in [-0.4, -0.2) is 9.52 Å². The number of rotatable bonds is 7. The summed E-state index contributed by atoms with van der Waals surface area (Å²) in [5, 5.41) is 0. The van der Waals surface area contributed by atoms with Crippen molar-refractivity contribution >= 4 is 32.3 Å². The van der Waals surface area contributed by atoms with E-state index in [1.165, 1.54) is 5.82 Å². The topological polar surface area (TPSA) is 6.48 Å². The Morgan fingerprint density at radius 3 is 1.00 bits per heavy atom. The molecule has 4 aromatic rings. The molecule has 0 spiro atoms. The van der Waals surface area contributed by atoms with E-state index in [1.807, 2.05) is 0 Å². The van der Waals surface area contributed by atoms with Crippen molar-refractivity contribution < 1.29 is 0 Å². The van der Waals surface area contributed by atoms with Gasteiger partial charge in [0.25, 0.3) is 0 Å². The Morgan fingerprint density at radius 2 is 0.767 bits per heavy atom. The van der Waals surface area contributed by atoms with E-state index in [-0.39, 0.29) is 9.52 Å². The van der Waals surface area contributed by atoms with Gasteiger partial charge in [-0.2, -0.15) is 0 Å². The molecule has 0 radical (unpaired) electrons. The molecule has 0 aliphatic carbocycles. The van der Waals surface area contributed by atoms with Gasteiger partial charge in [-0.3, -0.25) is 9.80 Å². The van der Waals surface area contributed by atoms with Gasteiger partial charge < -0.3 is 0 Å². The smallest absolute Gasteiger partial charge is 0.114 e. The summed E-state index contributed by atoms with van der Waals surface area (Å²) in [6.45, 7) is 2.32. The zero-order chi connectivity index (χ0) is 20.6. The van der Waals surface area contributed by atoms with Crippen LogP contribution < -0.4 is 9.80 Å². The molecule has 0 bridgehead atoms. The van der Waals surface area contributed by atoms with Crippen LogP contribution in [0.2, 0.25) is 6.55 Å². The molecule has 0 saturated heterocycles. The zero-order valence-corrected chi connectivity index (χ0v) is 18.6. The first-order valence-electron chi connectivity index (χ1n) is 10.4. The maximum atomic E-state index is 2.43. The molecular weight excluding hydrogens is 380 g/mol. The molecule has 0 aromatic heterocycles. The van der Waals surface area contributed by atoms with Crippen molar-refractivity contribution in [1.82, 2.24) is 0 Å². The van der Waals surface area contributed by atoms with E-state index in [2.05, 4.69) is 143 Å². The van der Waals surface area contributed by atoms with Crippen LogP contribution in [0.4, 0.5) is 22.7 Å². The number of para-hydroxylation sites is 4. The lowest BCUT2D eigenvalue weighted by Crippen LogP contribution is -2.30. The summed E-state index contributed by atoms with van der Waals surface area (Å²) in [6, 6.07) is 42.4. The van der Waals surface area contributed by atoms with Crippen LogP contribution in [0.5, 0.6) is 0 Å². The first-order chi connectivity index (χ1) is 14.9. The first kappa shape index (κ1) is 19.7. The highest BCUT2D eigenvalue weighted by atomic mass is 28.2. The Balaban J connectivity index is 1.94. The SMILES string of the molecule is C[SiH2]C=C(N(c1ccccc1)c1ccccc1)N(c1ccccc1)c1ccccc1. The largest absolute Gasteiger partial charge is 0.297 e. The van der Waals surface area contributed by atoms with Crippen molar-refractivity contribution in [2.45, 2.75) is 6.55 Å². The van der Waals surface area contributed by atoms with Gasteiger partial charge in [0.05, 0.1) is 0 Å². The Bertz CT molecular complexity index is 901. The van der Waals surface area contributed by atoms with E-state index in [1.54, 1.807) is 0 Å². The lowest BCUT2D eigenvalue weighted by molar-refractivity contribution is 1.06. The fourth-order valence-corrected chi connectivity index (χ4v) is 4.33. The number of anilines is 4. The molecule has 0 N–H and O–H groups in total. The molecular formula is C27H26N2Si. The number of hydrogen-bond donors (Lipinski definition) is 0. The van der Waals surface area contributed by atoms with Gasteiger partial charge in [-0.05, 0) is 48.5 Å². The summed E-state index contributed by atoms with van der Waals surface area (Å²) in [7, 11) is -0.384. The maximum absolute atomic E-state index is 2.43. The lowest BCUT2D eigenvalue weighted by atomic mass is 10.2. The van der Waals surface area contributed by atoms with Gasteiger partial charge in [0.2, 0.25) is 0 Å². The van der Waals surface area contributed by atoms with Crippen molar-refractivity contribution in [2.75, 3.05) is 9.80 Å². The molecule has 2 nitrogen and oxygen atoms in total. The fraction of sp³-hybridized carbons (Fsp3) is 0.0370. The summed E-state index contributed by atoms with van der Waals surface area (Å²) >= 11 is 0. The number of nitrogens with zero attached hydrogens (tertiary/aromatic N) is 2. The third kappa shape index (κ3) is 4.37. The molecule has 0 saturated carbocycles. The Morgan fingerprint density at radius 1 is 0.500 bits per heavy atom. The van der Waals surface area contributed by atoms with E-state index >= 15 is 0 Å². The highest BCUT2D eigenvalue weighted by molar-refractivity contribution is 6.40. The number of benzene rings is 4. The molecule has 0 amide bonds. The maximum Gasteiger partial charge on any atom is 0.114 e. The average Bonchev–Trinajstić information content (AvgIpc) is 2.82. The quantitative estimate of drug-likeness (QED) is 0.316. The van der Waals surface area contributed by atoms with E-state index < -0.39 is 0 Å². The second-order valence-corrected chi connectivity index (χ2v) is 8.21. The second kappa shape index (κ2) is 9.77. The molecule has 148 valence electrons. The predicted octanol–water partition coefficient (Wildman–Crippen LogP) is 6.68. The summed E-state index contributed by atoms with van der Waals surface area (Å²) in [6.07, 6.45) is 0. The third-order valence-corrected chi connectivity index (χ3v) is 5.68. The van der Waals surface area contributed by atoms with Crippen LogP contribution in [0.1, 0.15) is 0 Å². The van der Waals surface area contributed by atoms with Crippen molar-refractivity contribution in [3.8, 4) is 0 Å². The minimum absolute atomic E-state index is 0.384. The van der Waals surface area contributed by atoms with E-state index in [4.69, 9.17) is 0 Å². The highest BCUT2D eigenvalue weighted by Crippen LogP contribution is 2.37. The summed E-state index contributed by atoms with van der Waals surface area (Å²) in [5.74, 6) is 1.17. The molecule has 30 heavy (non-hydrogen) atoms. The van der Waals surface area contributed by atoms with Crippen molar-refractivity contribution in [3.05, 3.63) is 133 Å². The minimum Gasteiger partial charge on any atom is -0.297 e. The Kier molecular flexibility index (Phi) is 6.43. The standard InChI is InChI=1S/C27H26N2Si/c1-30-22-27(28(23-14-6-2-7-15-23)24-16-8-3-9-17-24)29(25-18-10-4-11-19-25)26-20-12-5-13-21-26/h2-22H,30H2,1H3. The van der Waals surface area contributed by atoms with Crippen LogP contribution in [0.15, 0.2) is 133 Å². The van der Waals surface area contributed by atoms with Gasteiger partial charge in [-0.15, -0.1) is 0 Å². The molecule has 0 heterocycles. The summed E-state index contributed by atoms with van der Waals surface area (Å²) < 4.78 is 0. The van der Waals surface area contributed by atoms with Crippen LogP contribution in [-0.2, 0) is 0 Å². The monoisotopic (exact) mass is 406 g/mol.